The molecule has 84 valence electrons. The number of hydrogen-bond acceptors (Lipinski definition) is 4. The van der Waals surface area contributed by atoms with Crippen LogP contribution < -0.4 is 5.32 Å². The van der Waals surface area contributed by atoms with Gasteiger partial charge in [0.15, 0.2) is 6.29 Å². The summed E-state index contributed by atoms with van der Waals surface area (Å²) in [6.45, 7) is 1.62. The van der Waals surface area contributed by atoms with Gasteiger partial charge in [-0.15, -0.1) is 0 Å². The van der Waals surface area contributed by atoms with Crippen LogP contribution in [0.2, 0.25) is 0 Å². The van der Waals surface area contributed by atoms with Crippen LogP contribution in [0.3, 0.4) is 0 Å². The lowest BCUT2D eigenvalue weighted by molar-refractivity contribution is -0.0986. The summed E-state index contributed by atoms with van der Waals surface area (Å²) in [6.07, 6.45) is 4.44. The van der Waals surface area contributed by atoms with Crippen LogP contribution in [0.5, 0.6) is 0 Å². The van der Waals surface area contributed by atoms with Gasteiger partial charge in [0.05, 0.1) is 0 Å². The van der Waals surface area contributed by atoms with E-state index in [9.17, 15) is 0 Å². The first-order valence-corrected chi connectivity index (χ1v) is 5.02. The minimum Gasteiger partial charge on any atom is -0.355 e. The van der Waals surface area contributed by atoms with Gasteiger partial charge in [-0.2, -0.15) is 0 Å². The standard InChI is InChI=1S/C11H18N2O2/c1-14-11(15-2)9-13-8-5-10-3-6-12-7-4-10/h3-4,6-7,11,13H,5,8-9H2,1-2H3. The average Bonchev–Trinajstić information content (AvgIpc) is 2.31. The molecule has 0 atom stereocenters. The number of hydrogen-bond donors (Lipinski definition) is 1. The zero-order valence-electron chi connectivity index (χ0n) is 9.27. The molecule has 1 aromatic heterocycles. The third kappa shape index (κ3) is 4.88. The van der Waals surface area contributed by atoms with Gasteiger partial charge in [0.1, 0.15) is 0 Å². The van der Waals surface area contributed by atoms with E-state index in [4.69, 9.17) is 9.47 Å². The van der Waals surface area contributed by atoms with Gasteiger partial charge in [-0.3, -0.25) is 4.98 Å². The predicted molar refractivity (Wildman–Crippen MR) is 58.6 cm³/mol. The largest absolute Gasteiger partial charge is 0.355 e. The van der Waals surface area contributed by atoms with Crippen molar-refractivity contribution in [1.82, 2.24) is 10.3 Å². The minimum absolute atomic E-state index is 0.164. The molecule has 0 radical (unpaired) electrons. The number of rotatable bonds is 7. The molecule has 0 saturated carbocycles. The van der Waals surface area contributed by atoms with Crippen molar-refractivity contribution >= 4 is 0 Å². The van der Waals surface area contributed by atoms with Crippen LogP contribution in [0.1, 0.15) is 5.56 Å². The van der Waals surface area contributed by atoms with Gasteiger partial charge in [0, 0.05) is 33.2 Å². The molecule has 0 amide bonds. The van der Waals surface area contributed by atoms with Crippen LogP contribution in [-0.2, 0) is 15.9 Å². The van der Waals surface area contributed by atoms with Gasteiger partial charge in [-0.1, -0.05) is 0 Å². The first-order chi connectivity index (χ1) is 7.36. The number of methoxy groups -OCH3 is 2. The summed E-state index contributed by atoms with van der Waals surface area (Å²) in [6, 6.07) is 4.04. The van der Waals surface area contributed by atoms with E-state index < -0.39 is 0 Å². The molecule has 1 aromatic rings. The molecule has 0 saturated heterocycles. The molecular weight excluding hydrogens is 192 g/mol. The summed E-state index contributed by atoms with van der Waals surface area (Å²) in [7, 11) is 3.28. The lowest BCUT2D eigenvalue weighted by Crippen LogP contribution is -2.31. The van der Waals surface area contributed by atoms with E-state index in [0.29, 0.717) is 6.54 Å². The van der Waals surface area contributed by atoms with Crippen molar-refractivity contribution in [3.05, 3.63) is 30.1 Å². The van der Waals surface area contributed by atoms with E-state index in [-0.39, 0.29) is 6.29 Å². The van der Waals surface area contributed by atoms with E-state index in [1.54, 1.807) is 14.2 Å². The summed E-state index contributed by atoms with van der Waals surface area (Å²) in [4.78, 5) is 3.97. The zero-order valence-corrected chi connectivity index (χ0v) is 9.27. The molecule has 0 fully saturated rings. The number of ether oxygens (including phenoxy) is 2. The van der Waals surface area contributed by atoms with E-state index in [0.717, 1.165) is 13.0 Å². The van der Waals surface area contributed by atoms with Crippen molar-refractivity contribution < 1.29 is 9.47 Å². The van der Waals surface area contributed by atoms with Gasteiger partial charge >= 0.3 is 0 Å². The summed E-state index contributed by atoms with van der Waals surface area (Å²) >= 11 is 0. The van der Waals surface area contributed by atoms with Crippen molar-refractivity contribution in [2.24, 2.45) is 0 Å². The Balaban J connectivity index is 2.12. The highest BCUT2D eigenvalue weighted by molar-refractivity contribution is 5.09. The van der Waals surface area contributed by atoms with Crippen LogP contribution in [0, 0.1) is 0 Å². The first-order valence-electron chi connectivity index (χ1n) is 5.02. The predicted octanol–water partition coefficient (Wildman–Crippen LogP) is 0.833. The molecule has 0 aliphatic heterocycles. The Morgan fingerprint density at radius 3 is 2.53 bits per heavy atom. The monoisotopic (exact) mass is 210 g/mol. The van der Waals surface area contributed by atoms with Crippen LogP contribution in [-0.4, -0.2) is 38.6 Å². The molecule has 0 spiro atoms. The molecule has 1 N–H and O–H groups in total. The van der Waals surface area contributed by atoms with Crippen LogP contribution in [0.15, 0.2) is 24.5 Å². The Morgan fingerprint density at radius 1 is 1.27 bits per heavy atom. The number of nitrogens with zero attached hydrogens (tertiary/aromatic N) is 1. The average molecular weight is 210 g/mol. The van der Waals surface area contributed by atoms with Gasteiger partial charge in [0.2, 0.25) is 0 Å². The second-order valence-electron chi connectivity index (χ2n) is 3.21. The minimum atomic E-state index is -0.164. The zero-order chi connectivity index (χ0) is 10.9. The Bertz CT molecular complexity index is 250. The molecule has 1 heterocycles. The van der Waals surface area contributed by atoms with Crippen molar-refractivity contribution in [3.8, 4) is 0 Å². The lowest BCUT2D eigenvalue weighted by atomic mass is 10.2. The molecule has 15 heavy (non-hydrogen) atoms. The molecule has 0 aliphatic rings. The first kappa shape index (κ1) is 12.1. The van der Waals surface area contributed by atoms with Crippen molar-refractivity contribution in [2.45, 2.75) is 12.7 Å². The second-order valence-corrected chi connectivity index (χ2v) is 3.21. The van der Waals surface area contributed by atoms with Crippen molar-refractivity contribution in [1.29, 1.82) is 0 Å². The van der Waals surface area contributed by atoms with Crippen LogP contribution in [0.25, 0.3) is 0 Å². The van der Waals surface area contributed by atoms with Crippen molar-refractivity contribution in [3.63, 3.8) is 0 Å². The molecule has 0 bridgehead atoms. The summed E-state index contributed by atoms with van der Waals surface area (Å²) in [5.41, 5.74) is 1.28. The van der Waals surface area contributed by atoms with E-state index in [2.05, 4.69) is 10.3 Å². The quantitative estimate of drug-likeness (QED) is 0.535. The molecule has 0 aliphatic carbocycles. The Morgan fingerprint density at radius 2 is 1.93 bits per heavy atom. The molecule has 4 nitrogen and oxygen atoms in total. The van der Waals surface area contributed by atoms with Gasteiger partial charge in [-0.25, -0.2) is 0 Å². The summed E-state index contributed by atoms with van der Waals surface area (Å²) in [5, 5.41) is 3.27. The highest BCUT2D eigenvalue weighted by Crippen LogP contribution is 1.96. The van der Waals surface area contributed by atoms with E-state index in [1.165, 1.54) is 5.56 Å². The summed E-state index contributed by atoms with van der Waals surface area (Å²) in [5.74, 6) is 0. The maximum Gasteiger partial charge on any atom is 0.169 e. The molecular formula is C11H18N2O2. The highest BCUT2D eigenvalue weighted by atomic mass is 16.7. The van der Waals surface area contributed by atoms with Gasteiger partial charge in [-0.05, 0) is 30.7 Å². The highest BCUT2D eigenvalue weighted by Gasteiger charge is 2.02. The van der Waals surface area contributed by atoms with Crippen LogP contribution in [0.4, 0.5) is 0 Å². The molecule has 1 rings (SSSR count). The maximum atomic E-state index is 5.06. The lowest BCUT2D eigenvalue weighted by Gasteiger charge is -2.13. The third-order valence-corrected chi connectivity index (χ3v) is 2.18. The molecule has 0 aromatic carbocycles. The Kier molecular flexibility index (Phi) is 5.92. The fourth-order valence-corrected chi connectivity index (χ4v) is 1.26. The van der Waals surface area contributed by atoms with Crippen LogP contribution >= 0.6 is 0 Å². The number of nitrogens with one attached hydrogen (secondary N) is 1. The smallest absolute Gasteiger partial charge is 0.169 e. The molecule has 0 unspecified atom stereocenters. The molecule has 4 heteroatoms. The van der Waals surface area contributed by atoms with Gasteiger partial charge < -0.3 is 14.8 Å². The summed E-state index contributed by atoms with van der Waals surface area (Å²) < 4.78 is 10.1. The maximum absolute atomic E-state index is 5.06. The third-order valence-electron chi connectivity index (χ3n) is 2.18. The SMILES string of the molecule is COC(CNCCc1ccncc1)OC. The fraction of sp³-hybridized carbons (Fsp3) is 0.545. The Labute approximate surface area is 90.6 Å². The fourth-order valence-electron chi connectivity index (χ4n) is 1.26. The topological polar surface area (TPSA) is 43.4 Å². The second kappa shape index (κ2) is 7.34. The number of aromatic nitrogens is 1. The number of pyridine rings is 1. The normalized spacial score (nSPS) is 10.9. The van der Waals surface area contributed by atoms with Gasteiger partial charge in [0.25, 0.3) is 0 Å². The van der Waals surface area contributed by atoms with E-state index in [1.807, 2.05) is 24.5 Å². The van der Waals surface area contributed by atoms with Crippen molar-refractivity contribution in [2.75, 3.05) is 27.3 Å². The Hall–Kier alpha value is -0.970. The van der Waals surface area contributed by atoms with E-state index >= 15 is 0 Å².